The molecular weight excluding hydrogens is 236 g/mol. The van der Waals surface area contributed by atoms with Crippen molar-refractivity contribution in [3.05, 3.63) is 35.4 Å². The van der Waals surface area contributed by atoms with Gasteiger partial charge in [-0.2, -0.15) is 0 Å². The number of nitrogens with one attached hydrogen (secondary N) is 1. The van der Waals surface area contributed by atoms with Gasteiger partial charge in [-0.05, 0) is 31.5 Å². The average molecular weight is 262 g/mol. The fourth-order valence-corrected chi connectivity index (χ4v) is 2.76. The van der Waals surface area contributed by atoms with Crippen LogP contribution in [0.25, 0.3) is 0 Å². The van der Waals surface area contributed by atoms with E-state index in [4.69, 9.17) is 4.74 Å². The number of nitrogens with zero attached hydrogens (tertiary/aromatic N) is 1. The summed E-state index contributed by atoms with van der Waals surface area (Å²) in [4.78, 5) is 2.53. The summed E-state index contributed by atoms with van der Waals surface area (Å²) in [6.07, 6.45) is 0. The van der Waals surface area contributed by atoms with E-state index in [0.29, 0.717) is 12.1 Å². The normalized spacial score (nSPS) is 22.4. The summed E-state index contributed by atoms with van der Waals surface area (Å²) < 4.78 is 5.52. The Hall–Kier alpha value is -0.900. The van der Waals surface area contributed by atoms with Crippen LogP contribution in [0.4, 0.5) is 0 Å². The molecule has 0 saturated carbocycles. The molecule has 3 nitrogen and oxygen atoms in total. The minimum Gasteiger partial charge on any atom is -0.379 e. The summed E-state index contributed by atoms with van der Waals surface area (Å²) in [6, 6.07) is 9.61. The number of hydrogen-bond acceptors (Lipinski definition) is 3. The van der Waals surface area contributed by atoms with Crippen molar-refractivity contribution in [3.63, 3.8) is 0 Å². The highest BCUT2D eigenvalue weighted by Gasteiger charge is 2.23. The number of aryl methyl sites for hydroxylation is 1. The standard InChI is InChI=1S/C16H26N2O/c1-4-17-16(15-8-6-5-7-13(15)2)11-18-9-10-19-12-14(18)3/h5-8,14,16-17H,4,9-12H2,1-3H3. The number of hydrogen-bond donors (Lipinski definition) is 1. The molecule has 1 aromatic rings. The molecule has 1 heterocycles. The summed E-state index contributed by atoms with van der Waals surface area (Å²) in [5.41, 5.74) is 2.79. The van der Waals surface area contributed by atoms with Gasteiger partial charge >= 0.3 is 0 Å². The molecule has 3 heteroatoms. The zero-order valence-corrected chi connectivity index (χ0v) is 12.4. The molecule has 1 saturated heterocycles. The van der Waals surface area contributed by atoms with E-state index in [1.165, 1.54) is 11.1 Å². The smallest absolute Gasteiger partial charge is 0.0619 e. The molecule has 2 rings (SSSR count). The monoisotopic (exact) mass is 262 g/mol. The maximum Gasteiger partial charge on any atom is 0.0619 e. The van der Waals surface area contributed by atoms with Gasteiger partial charge in [0.15, 0.2) is 0 Å². The maximum atomic E-state index is 5.52. The van der Waals surface area contributed by atoms with E-state index < -0.39 is 0 Å². The zero-order chi connectivity index (χ0) is 13.7. The van der Waals surface area contributed by atoms with Gasteiger partial charge in [-0.25, -0.2) is 0 Å². The van der Waals surface area contributed by atoms with Crippen LogP contribution in [-0.4, -0.2) is 43.8 Å². The van der Waals surface area contributed by atoms with Crippen molar-refractivity contribution in [3.8, 4) is 0 Å². The summed E-state index contributed by atoms with van der Waals surface area (Å²) >= 11 is 0. The number of morpholine rings is 1. The van der Waals surface area contributed by atoms with Crippen molar-refractivity contribution in [2.45, 2.75) is 32.9 Å². The molecule has 0 aromatic heterocycles. The van der Waals surface area contributed by atoms with Crippen molar-refractivity contribution < 1.29 is 4.74 Å². The van der Waals surface area contributed by atoms with Gasteiger partial charge in [-0.3, -0.25) is 4.90 Å². The van der Waals surface area contributed by atoms with Gasteiger partial charge in [-0.1, -0.05) is 31.2 Å². The van der Waals surface area contributed by atoms with Crippen LogP contribution in [0.5, 0.6) is 0 Å². The summed E-state index contributed by atoms with van der Waals surface area (Å²) in [6.45, 7) is 11.4. The Morgan fingerprint density at radius 2 is 2.21 bits per heavy atom. The van der Waals surface area contributed by atoms with Crippen LogP contribution >= 0.6 is 0 Å². The highest BCUT2D eigenvalue weighted by Crippen LogP contribution is 2.20. The third kappa shape index (κ3) is 3.78. The first kappa shape index (κ1) is 14.5. The quantitative estimate of drug-likeness (QED) is 0.881. The third-order valence-electron chi connectivity index (χ3n) is 3.94. The first-order valence-electron chi connectivity index (χ1n) is 7.33. The highest BCUT2D eigenvalue weighted by atomic mass is 16.5. The molecule has 1 aromatic carbocycles. The van der Waals surface area contributed by atoms with Gasteiger partial charge in [0.05, 0.1) is 13.2 Å². The van der Waals surface area contributed by atoms with Crippen LogP contribution in [0.2, 0.25) is 0 Å². The molecule has 1 fully saturated rings. The summed E-state index contributed by atoms with van der Waals surface area (Å²) in [5.74, 6) is 0. The Balaban J connectivity index is 2.09. The first-order valence-corrected chi connectivity index (χ1v) is 7.33. The summed E-state index contributed by atoms with van der Waals surface area (Å²) in [5, 5.41) is 3.63. The van der Waals surface area contributed by atoms with E-state index in [1.807, 2.05) is 0 Å². The molecule has 1 N–H and O–H groups in total. The van der Waals surface area contributed by atoms with E-state index in [0.717, 1.165) is 32.8 Å². The van der Waals surface area contributed by atoms with Crippen LogP contribution < -0.4 is 5.32 Å². The number of ether oxygens (including phenoxy) is 1. The highest BCUT2D eigenvalue weighted by molar-refractivity contribution is 5.29. The number of benzene rings is 1. The minimum atomic E-state index is 0.409. The molecule has 0 bridgehead atoms. The molecule has 1 aliphatic rings. The Morgan fingerprint density at radius 1 is 1.42 bits per heavy atom. The summed E-state index contributed by atoms with van der Waals surface area (Å²) in [7, 11) is 0. The van der Waals surface area contributed by atoms with Gasteiger partial charge in [0.1, 0.15) is 0 Å². The molecule has 0 radical (unpaired) electrons. The second-order valence-corrected chi connectivity index (χ2v) is 5.39. The lowest BCUT2D eigenvalue weighted by atomic mass is 10.00. The van der Waals surface area contributed by atoms with Gasteiger partial charge in [0.25, 0.3) is 0 Å². The molecule has 2 atom stereocenters. The lowest BCUT2D eigenvalue weighted by molar-refractivity contribution is -0.00444. The molecule has 1 aliphatic heterocycles. The van der Waals surface area contributed by atoms with Crippen LogP contribution in [-0.2, 0) is 4.74 Å². The largest absolute Gasteiger partial charge is 0.379 e. The van der Waals surface area contributed by atoms with Crippen molar-refractivity contribution in [2.24, 2.45) is 0 Å². The van der Waals surface area contributed by atoms with Crippen LogP contribution in [0.3, 0.4) is 0 Å². The minimum absolute atomic E-state index is 0.409. The lowest BCUT2D eigenvalue weighted by Gasteiger charge is -2.36. The molecular formula is C16H26N2O. The fraction of sp³-hybridized carbons (Fsp3) is 0.625. The van der Waals surface area contributed by atoms with Gasteiger partial charge < -0.3 is 10.1 Å². The van der Waals surface area contributed by atoms with E-state index in [1.54, 1.807) is 0 Å². The molecule has 0 spiro atoms. The van der Waals surface area contributed by atoms with E-state index in [9.17, 15) is 0 Å². The molecule has 2 unspecified atom stereocenters. The SMILES string of the molecule is CCNC(CN1CCOCC1C)c1ccccc1C. The van der Waals surface area contributed by atoms with Crippen LogP contribution in [0.1, 0.15) is 31.0 Å². The number of likely N-dealkylation sites (N-methyl/N-ethyl adjacent to an activating group) is 1. The Kier molecular flexibility index (Phi) is 5.37. The van der Waals surface area contributed by atoms with Crippen LogP contribution in [0, 0.1) is 6.92 Å². The molecule has 19 heavy (non-hydrogen) atoms. The zero-order valence-electron chi connectivity index (χ0n) is 12.4. The predicted octanol–water partition coefficient (Wildman–Crippen LogP) is 2.37. The van der Waals surface area contributed by atoms with Crippen molar-refractivity contribution in [1.29, 1.82) is 0 Å². The maximum absolute atomic E-state index is 5.52. The van der Waals surface area contributed by atoms with Crippen molar-refractivity contribution >= 4 is 0 Å². The average Bonchev–Trinajstić information content (AvgIpc) is 2.41. The number of rotatable bonds is 5. The third-order valence-corrected chi connectivity index (χ3v) is 3.94. The predicted molar refractivity (Wildman–Crippen MR) is 79.5 cm³/mol. The Morgan fingerprint density at radius 3 is 2.89 bits per heavy atom. The van der Waals surface area contributed by atoms with E-state index in [-0.39, 0.29) is 0 Å². The van der Waals surface area contributed by atoms with E-state index >= 15 is 0 Å². The van der Waals surface area contributed by atoms with E-state index in [2.05, 4.69) is 55.3 Å². The molecule has 106 valence electrons. The van der Waals surface area contributed by atoms with Crippen molar-refractivity contribution in [1.82, 2.24) is 10.2 Å². The second kappa shape index (κ2) is 7.04. The lowest BCUT2D eigenvalue weighted by Crippen LogP contribution is -2.47. The van der Waals surface area contributed by atoms with Crippen LogP contribution in [0.15, 0.2) is 24.3 Å². The Bertz CT molecular complexity index is 394. The molecule has 0 amide bonds. The Labute approximate surface area is 116 Å². The van der Waals surface area contributed by atoms with Gasteiger partial charge in [0.2, 0.25) is 0 Å². The molecule has 0 aliphatic carbocycles. The van der Waals surface area contributed by atoms with Gasteiger partial charge in [-0.15, -0.1) is 0 Å². The second-order valence-electron chi connectivity index (χ2n) is 5.39. The topological polar surface area (TPSA) is 24.5 Å². The van der Waals surface area contributed by atoms with Crippen molar-refractivity contribution in [2.75, 3.05) is 32.8 Å². The fourth-order valence-electron chi connectivity index (χ4n) is 2.76. The first-order chi connectivity index (χ1) is 9.22. The van der Waals surface area contributed by atoms with Gasteiger partial charge in [0, 0.05) is 25.2 Å².